The maximum absolute atomic E-state index is 11.9. The summed E-state index contributed by atoms with van der Waals surface area (Å²) in [6, 6.07) is -1.42. The van der Waals surface area contributed by atoms with Crippen LogP contribution in [0.2, 0.25) is 0 Å². The van der Waals surface area contributed by atoms with Crippen molar-refractivity contribution in [1.82, 2.24) is 5.32 Å². The van der Waals surface area contributed by atoms with E-state index in [-0.39, 0.29) is 5.91 Å². The smallest absolute Gasteiger partial charge is 0.326 e. The van der Waals surface area contributed by atoms with Crippen LogP contribution in [-0.4, -0.2) is 29.1 Å². The molecule has 0 aromatic rings. The molecule has 19 heavy (non-hydrogen) atoms. The van der Waals surface area contributed by atoms with Crippen molar-refractivity contribution in [2.75, 3.05) is 0 Å². The Morgan fingerprint density at radius 3 is 2.37 bits per heavy atom. The van der Waals surface area contributed by atoms with E-state index in [1.807, 2.05) is 13.8 Å². The Bertz CT molecular complexity index is 312. The third-order valence-corrected chi connectivity index (χ3v) is 3.72. The van der Waals surface area contributed by atoms with Crippen molar-refractivity contribution < 1.29 is 14.7 Å². The lowest BCUT2D eigenvalue weighted by Crippen LogP contribution is -2.49. The van der Waals surface area contributed by atoms with Gasteiger partial charge in [0.15, 0.2) is 0 Å². The fourth-order valence-corrected chi connectivity index (χ4v) is 2.69. The Balaban J connectivity index is 2.47. The van der Waals surface area contributed by atoms with Gasteiger partial charge in [-0.15, -0.1) is 0 Å². The number of carboxylic acids is 1. The van der Waals surface area contributed by atoms with Crippen LogP contribution in [0.4, 0.5) is 0 Å². The number of nitrogens with two attached hydrogens (primary N) is 1. The van der Waals surface area contributed by atoms with Crippen molar-refractivity contribution in [2.24, 2.45) is 17.6 Å². The average molecular weight is 270 g/mol. The number of amides is 1. The van der Waals surface area contributed by atoms with E-state index in [1.165, 1.54) is 0 Å². The van der Waals surface area contributed by atoms with Gasteiger partial charge in [0.2, 0.25) is 5.91 Å². The highest BCUT2D eigenvalue weighted by atomic mass is 16.4. The number of carboxylic acid groups (broad SMARTS) is 1. The summed E-state index contributed by atoms with van der Waals surface area (Å²) in [5, 5.41) is 11.8. The van der Waals surface area contributed by atoms with Crippen molar-refractivity contribution in [3.05, 3.63) is 0 Å². The Kier molecular flexibility index (Phi) is 6.28. The maximum atomic E-state index is 11.9. The van der Waals surface area contributed by atoms with Crippen molar-refractivity contribution in [3.8, 4) is 0 Å². The molecule has 1 rings (SSSR count). The van der Waals surface area contributed by atoms with Gasteiger partial charge in [0, 0.05) is 0 Å². The van der Waals surface area contributed by atoms with Gasteiger partial charge >= 0.3 is 5.97 Å². The second kappa shape index (κ2) is 7.48. The van der Waals surface area contributed by atoms with Gasteiger partial charge in [-0.1, -0.05) is 39.5 Å². The molecular formula is C14H26N2O3. The molecule has 5 nitrogen and oxygen atoms in total. The predicted molar refractivity (Wildman–Crippen MR) is 73.6 cm³/mol. The molecule has 0 radical (unpaired) electrons. The molecule has 2 atom stereocenters. The molecule has 1 aliphatic rings. The van der Waals surface area contributed by atoms with E-state index in [0.29, 0.717) is 24.7 Å². The first-order chi connectivity index (χ1) is 8.90. The highest BCUT2D eigenvalue weighted by Gasteiger charge is 2.27. The van der Waals surface area contributed by atoms with Crippen LogP contribution in [-0.2, 0) is 9.59 Å². The number of aliphatic carboxylic acids is 1. The standard InChI is InChI=1S/C14H26N2O3/c1-9(2)7-11(15)13(17)16-12(14(18)19)8-10-5-3-4-6-10/h9-12H,3-8,15H2,1-2H3,(H,16,17)(H,18,19)/t11-,12-/m0/s1. The van der Waals surface area contributed by atoms with Crippen molar-refractivity contribution in [1.29, 1.82) is 0 Å². The highest BCUT2D eigenvalue weighted by Crippen LogP contribution is 2.28. The molecule has 5 heteroatoms. The maximum Gasteiger partial charge on any atom is 0.326 e. The minimum absolute atomic E-state index is 0.318. The number of carbonyl (C=O) groups excluding carboxylic acids is 1. The van der Waals surface area contributed by atoms with Crippen LogP contribution in [0.3, 0.4) is 0 Å². The Morgan fingerprint density at radius 1 is 1.32 bits per heavy atom. The van der Waals surface area contributed by atoms with Crippen molar-refractivity contribution >= 4 is 11.9 Å². The largest absolute Gasteiger partial charge is 0.480 e. The van der Waals surface area contributed by atoms with E-state index in [9.17, 15) is 14.7 Å². The molecule has 110 valence electrons. The molecule has 1 fully saturated rings. The summed E-state index contributed by atoms with van der Waals surface area (Å²) in [5.74, 6) is -0.572. The first-order valence-corrected chi connectivity index (χ1v) is 7.19. The first-order valence-electron chi connectivity index (χ1n) is 7.19. The van der Waals surface area contributed by atoms with Crippen LogP contribution < -0.4 is 11.1 Å². The highest BCUT2D eigenvalue weighted by molar-refractivity contribution is 5.86. The van der Waals surface area contributed by atoms with Gasteiger partial charge in [-0.05, 0) is 24.7 Å². The summed E-state index contributed by atoms with van der Waals surface area (Å²) >= 11 is 0. The minimum Gasteiger partial charge on any atom is -0.480 e. The minimum atomic E-state index is -0.961. The molecule has 4 N–H and O–H groups in total. The molecule has 0 unspecified atom stereocenters. The molecular weight excluding hydrogens is 244 g/mol. The van der Waals surface area contributed by atoms with Crippen LogP contribution >= 0.6 is 0 Å². The fraction of sp³-hybridized carbons (Fsp3) is 0.857. The number of hydrogen-bond donors (Lipinski definition) is 3. The number of nitrogens with one attached hydrogen (secondary N) is 1. The molecule has 0 saturated heterocycles. The predicted octanol–water partition coefficient (Wildman–Crippen LogP) is 1.51. The van der Waals surface area contributed by atoms with Gasteiger partial charge in [-0.2, -0.15) is 0 Å². The van der Waals surface area contributed by atoms with Crippen molar-refractivity contribution in [2.45, 2.75) is 64.5 Å². The third-order valence-electron chi connectivity index (χ3n) is 3.72. The normalized spacial score (nSPS) is 19.4. The van der Waals surface area contributed by atoms with Gasteiger partial charge < -0.3 is 16.2 Å². The van der Waals surface area contributed by atoms with Gasteiger partial charge in [-0.25, -0.2) is 4.79 Å². The van der Waals surface area contributed by atoms with Gasteiger partial charge in [-0.3, -0.25) is 4.79 Å². The number of carbonyl (C=O) groups is 2. The van der Waals surface area contributed by atoms with Crippen LogP contribution in [0.5, 0.6) is 0 Å². The van der Waals surface area contributed by atoms with Crippen LogP contribution in [0.15, 0.2) is 0 Å². The lowest BCUT2D eigenvalue weighted by Gasteiger charge is -2.21. The summed E-state index contributed by atoms with van der Waals surface area (Å²) in [4.78, 5) is 23.1. The van der Waals surface area contributed by atoms with E-state index in [0.717, 1.165) is 25.7 Å². The summed E-state index contributed by atoms with van der Waals surface area (Å²) < 4.78 is 0. The number of rotatable bonds is 7. The first kappa shape index (κ1) is 16.0. The molecule has 0 heterocycles. The summed E-state index contributed by atoms with van der Waals surface area (Å²) in [5.41, 5.74) is 5.77. The lowest BCUT2D eigenvalue weighted by molar-refractivity contribution is -0.142. The Labute approximate surface area is 114 Å². The van der Waals surface area contributed by atoms with E-state index < -0.39 is 18.1 Å². The molecule has 0 spiro atoms. The second-order valence-electron chi connectivity index (χ2n) is 6.02. The average Bonchev–Trinajstić information content (AvgIpc) is 2.79. The zero-order chi connectivity index (χ0) is 14.4. The third kappa shape index (κ3) is 5.59. The molecule has 1 amide bonds. The molecule has 0 aliphatic heterocycles. The summed E-state index contributed by atoms with van der Waals surface area (Å²) in [6.07, 6.45) is 5.56. The van der Waals surface area contributed by atoms with E-state index in [4.69, 9.17) is 5.73 Å². The van der Waals surface area contributed by atoms with E-state index >= 15 is 0 Å². The zero-order valence-electron chi connectivity index (χ0n) is 11.9. The Hall–Kier alpha value is -1.10. The topological polar surface area (TPSA) is 92.4 Å². The fourth-order valence-electron chi connectivity index (χ4n) is 2.69. The number of hydrogen-bond acceptors (Lipinski definition) is 3. The Morgan fingerprint density at radius 2 is 1.89 bits per heavy atom. The van der Waals surface area contributed by atoms with Crippen molar-refractivity contribution in [3.63, 3.8) is 0 Å². The van der Waals surface area contributed by atoms with Crippen LogP contribution in [0.1, 0.15) is 52.4 Å². The van der Waals surface area contributed by atoms with Gasteiger partial charge in [0.05, 0.1) is 6.04 Å². The summed E-state index contributed by atoms with van der Waals surface area (Å²) in [6.45, 7) is 3.97. The van der Waals surface area contributed by atoms with Crippen LogP contribution in [0.25, 0.3) is 0 Å². The van der Waals surface area contributed by atoms with Gasteiger partial charge in [0.25, 0.3) is 0 Å². The molecule has 0 aromatic carbocycles. The van der Waals surface area contributed by atoms with E-state index in [2.05, 4.69) is 5.32 Å². The van der Waals surface area contributed by atoms with Gasteiger partial charge in [0.1, 0.15) is 6.04 Å². The quantitative estimate of drug-likeness (QED) is 0.654. The van der Waals surface area contributed by atoms with Crippen LogP contribution in [0, 0.1) is 11.8 Å². The molecule has 0 bridgehead atoms. The second-order valence-corrected chi connectivity index (χ2v) is 6.02. The summed E-state index contributed by atoms with van der Waals surface area (Å²) in [7, 11) is 0. The molecule has 0 aromatic heterocycles. The monoisotopic (exact) mass is 270 g/mol. The lowest BCUT2D eigenvalue weighted by atomic mass is 9.97. The van der Waals surface area contributed by atoms with E-state index in [1.54, 1.807) is 0 Å². The molecule has 1 saturated carbocycles. The molecule has 1 aliphatic carbocycles. The zero-order valence-corrected chi connectivity index (χ0v) is 11.9. The SMILES string of the molecule is CC(C)C[C@H](N)C(=O)N[C@@H](CC1CCCC1)C(=O)O.